The van der Waals surface area contributed by atoms with E-state index in [4.69, 9.17) is 9.15 Å². The highest BCUT2D eigenvalue weighted by atomic mass is 16.5. The summed E-state index contributed by atoms with van der Waals surface area (Å²) in [6.45, 7) is 4.74. The third-order valence-corrected chi connectivity index (χ3v) is 2.30. The lowest BCUT2D eigenvalue weighted by atomic mass is 10.3. The molecule has 0 fully saturated rings. The molecule has 0 aliphatic rings. The van der Waals surface area contributed by atoms with Crippen molar-refractivity contribution < 1.29 is 13.9 Å². The van der Waals surface area contributed by atoms with Crippen LogP contribution in [-0.2, 0) is 11.2 Å². The molecule has 0 saturated heterocycles. The smallest absolute Gasteiger partial charge is 0.287 e. The highest BCUT2D eigenvalue weighted by Crippen LogP contribution is 2.07. The molecule has 0 atom stereocenters. The highest BCUT2D eigenvalue weighted by molar-refractivity contribution is 5.91. The molecule has 1 aromatic rings. The van der Waals surface area contributed by atoms with E-state index in [2.05, 4.69) is 10.6 Å². The van der Waals surface area contributed by atoms with Crippen LogP contribution in [0.4, 0.5) is 0 Å². The predicted molar refractivity (Wildman–Crippen MR) is 65.2 cm³/mol. The van der Waals surface area contributed by atoms with Crippen LogP contribution in [0.1, 0.15) is 23.2 Å². The van der Waals surface area contributed by atoms with Gasteiger partial charge in [-0.05, 0) is 12.1 Å². The number of aryl methyl sites for hydroxylation is 1. The maximum Gasteiger partial charge on any atom is 0.287 e. The van der Waals surface area contributed by atoms with Gasteiger partial charge in [0.2, 0.25) is 0 Å². The van der Waals surface area contributed by atoms with E-state index in [1.54, 1.807) is 13.2 Å². The Morgan fingerprint density at radius 2 is 2.18 bits per heavy atom. The average molecular weight is 240 g/mol. The van der Waals surface area contributed by atoms with E-state index in [-0.39, 0.29) is 5.91 Å². The van der Waals surface area contributed by atoms with E-state index in [0.717, 1.165) is 25.3 Å². The number of carbonyl (C=O) groups is 1. The molecule has 0 unspecified atom stereocenters. The number of hydrogen-bond acceptors (Lipinski definition) is 4. The zero-order valence-corrected chi connectivity index (χ0v) is 10.4. The largest absolute Gasteiger partial charge is 0.456 e. The fourth-order valence-corrected chi connectivity index (χ4v) is 1.34. The second-order valence-corrected chi connectivity index (χ2v) is 3.62. The van der Waals surface area contributed by atoms with E-state index in [0.29, 0.717) is 18.9 Å². The van der Waals surface area contributed by atoms with E-state index in [9.17, 15) is 4.79 Å². The highest BCUT2D eigenvalue weighted by Gasteiger charge is 2.09. The van der Waals surface area contributed by atoms with Gasteiger partial charge in [0, 0.05) is 33.2 Å². The third-order valence-electron chi connectivity index (χ3n) is 2.30. The van der Waals surface area contributed by atoms with Gasteiger partial charge in [-0.2, -0.15) is 0 Å². The van der Waals surface area contributed by atoms with Crippen LogP contribution in [0.25, 0.3) is 0 Å². The normalized spacial score (nSPS) is 10.5. The summed E-state index contributed by atoms with van der Waals surface area (Å²) < 4.78 is 10.2. The van der Waals surface area contributed by atoms with Gasteiger partial charge in [0.25, 0.3) is 5.91 Å². The number of methoxy groups -OCH3 is 1. The molecule has 2 N–H and O–H groups in total. The Kier molecular flexibility index (Phi) is 6.35. The molecule has 1 amide bonds. The van der Waals surface area contributed by atoms with Crippen LogP contribution < -0.4 is 10.6 Å². The van der Waals surface area contributed by atoms with Crippen LogP contribution in [-0.4, -0.2) is 39.3 Å². The van der Waals surface area contributed by atoms with Crippen molar-refractivity contribution in [2.24, 2.45) is 0 Å². The summed E-state index contributed by atoms with van der Waals surface area (Å²) in [5.74, 6) is 1.03. The molecule has 96 valence electrons. The molecule has 0 aromatic carbocycles. The van der Waals surface area contributed by atoms with E-state index < -0.39 is 0 Å². The first-order chi connectivity index (χ1) is 8.27. The lowest BCUT2D eigenvalue weighted by Gasteiger charge is -2.04. The number of rotatable bonds is 8. The lowest BCUT2D eigenvalue weighted by Crippen LogP contribution is -2.32. The molecule has 1 aromatic heterocycles. The second-order valence-electron chi connectivity index (χ2n) is 3.62. The van der Waals surface area contributed by atoms with Crippen molar-refractivity contribution in [3.05, 3.63) is 23.7 Å². The number of hydrogen-bond donors (Lipinski definition) is 2. The van der Waals surface area contributed by atoms with E-state index >= 15 is 0 Å². The summed E-state index contributed by atoms with van der Waals surface area (Å²) in [6.07, 6.45) is 0.797. The minimum Gasteiger partial charge on any atom is -0.456 e. The topological polar surface area (TPSA) is 63.5 Å². The van der Waals surface area contributed by atoms with Gasteiger partial charge in [-0.15, -0.1) is 0 Å². The van der Waals surface area contributed by atoms with Crippen molar-refractivity contribution in [3.8, 4) is 0 Å². The molecule has 0 aliphatic heterocycles. The fourth-order valence-electron chi connectivity index (χ4n) is 1.34. The van der Waals surface area contributed by atoms with Crippen molar-refractivity contribution in [1.29, 1.82) is 0 Å². The number of amides is 1. The van der Waals surface area contributed by atoms with Crippen molar-refractivity contribution in [2.75, 3.05) is 33.4 Å². The van der Waals surface area contributed by atoms with Crippen LogP contribution in [0.2, 0.25) is 0 Å². The Labute approximate surface area is 102 Å². The first kappa shape index (κ1) is 13.7. The first-order valence-corrected chi connectivity index (χ1v) is 5.84. The fraction of sp³-hybridized carbons (Fsp3) is 0.583. The van der Waals surface area contributed by atoms with Gasteiger partial charge in [0.1, 0.15) is 5.76 Å². The zero-order chi connectivity index (χ0) is 12.5. The summed E-state index contributed by atoms with van der Waals surface area (Å²) in [5.41, 5.74) is 0. The Morgan fingerprint density at radius 1 is 1.35 bits per heavy atom. The molecule has 0 saturated carbocycles. The molecule has 0 radical (unpaired) electrons. The van der Waals surface area contributed by atoms with E-state index in [1.807, 2.05) is 13.0 Å². The molecule has 17 heavy (non-hydrogen) atoms. The molecule has 5 heteroatoms. The third kappa shape index (κ3) is 5.01. The number of ether oxygens (including phenoxy) is 1. The number of nitrogens with one attached hydrogen (secondary N) is 2. The Balaban J connectivity index is 2.16. The quantitative estimate of drug-likeness (QED) is 0.660. The number of furan rings is 1. The van der Waals surface area contributed by atoms with Gasteiger partial charge in [-0.1, -0.05) is 6.92 Å². The lowest BCUT2D eigenvalue weighted by molar-refractivity contribution is 0.0924. The molecular formula is C12H20N2O3. The molecule has 0 bridgehead atoms. The Bertz CT molecular complexity index is 336. The van der Waals surface area contributed by atoms with Crippen LogP contribution >= 0.6 is 0 Å². The molecule has 5 nitrogen and oxygen atoms in total. The maximum absolute atomic E-state index is 11.6. The van der Waals surface area contributed by atoms with Crippen LogP contribution in [0.3, 0.4) is 0 Å². The second kappa shape index (κ2) is 7.86. The van der Waals surface area contributed by atoms with Crippen molar-refractivity contribution >= 4 is 5.91 Å². The Hall–Kier alpha value is -1.33. The van der Waals surface area contributed by atoms with Gasteiger partial charge >= 0.3 is 0 Å². The minimum absolute atomic E-state index is 0.168. The van der Waals surface area contributed by atoms with Gasteiger partial charge in [0.05, 0.1) is 6.61 Å². The van der Waals surface area contributed by atoms with E-state index in [1.165, 1.54) is 0 Å². The SMILES string of the molecule is CCc1ccc(C(=O)NCCNCCOC)o1. The monoisotopic (exact) mass is 240 g/mol. The average Bonchev–Trinajstić information content (AvgIpc) is 2.82. The van der Waals surface area contributed by atoms with Gasteiger partial charge < -0.3 is 19.8 Å². The summed E-state index contributed by atoms with van der Waals surface area (Å²) in [6, 6.07) is 3.53. The van der Waals surface area contributed by atoms with Crippen molar-refractivity contribution in [3.63, 3.8) is 0 Å². The Morgan fingerprint density at radius 3 is 2.82 bits per heavy atom. The molecule has 0 aliphatic carbocycles. The van der Waals surface area contributed by atoms with Crippen molar-refractivity contribution in [1.82, 2.24) is 10.6 Å². The summed E-state index contributed by atoms with van der Waals surface area (Å²) in [4.78, 5) is 11.6. The standard InChI is InChI=1S/C12H20N2O3/c1-3-10-4-5-11(17-10)12(15)14-7-6-13-8-9-16-2/h4-5,13H,3,6-9H2,1-2H3,(H,14,15). The van der Waals surface area contributed by atoms with Gasteiger partial charge in [0.15, 0.2) is 5.76 Å². The summed E-state index contributed by atoms with van der Waals surface area (Å²) >= 11 is 0. The van der Waals surface area contributed by atoms with Gasteiger partial charge in [-0.25, -0.2) is 0 Å². The number of carbonyl (C=O) groups excluding carboxylic acids is 1. The summed E-state index contributed by atoms with van der Waals surface area (Å²) in [5, 5.41) is 5.92. The van der Waals surface area contributed by atoms with Crippen LogP contribution in [0.5, 0.6) is 0 Å². The van der Waals surface area contributed by atoms with Crippen LogP contribution in [0, 0.1) is 0 Å². The predicted octanol–water partition coefficient (Wildman–Crippen LogP) is 0.808. The molecule has 1 rings (SSSR count). The van der Waals surface area contributed by atoms with Crippen LogP contribution in [0.15, 0.2) is 16.5 Å². The van der Waals surface area contributed by atoms with Crippen molar-refractivity contribution in [2.45, 2.75) is 13.3 Å². The molecular weight excluding hydrogens is 220 g/mol. The zero-order valence-electron chi connectivity index (χ0n) is 10.4. The maximum atomic E-state index is 11.6. The van der Waals surface area contributed by atoms with Gasteiger partial charge in [-0.3, -0.25) is 4.79 Å². The molecule has 0 spiro atoms. The first-order valence-electron chi connectivity index (χ1n) is 5.84. The summed E-state index contributed by atoms with van der Waals surface area (Å²) in [7, 11) is 1.66. The minimum atomic E-state index is -0.168. The molecule has 1 heterocycles.